The Labute approximate surface area is 135 Å². The van der Waals surface area contributed by atoms with Crippen LogP contribution in [0.3, 0.4) is 0 Å². The van der Waals surface area contributed by atoms with Crippen LogP contribution in [-0.4, -0.2) is 27.4 Å². The van der Waals surface area contributed by atoms with E-state index in [1.807, 2.05) is 13.8 Å². The fourth-order valence-electron chi connectivity index (χ4n) is 1.88. The number of halogens is 3. The number of anilines is 1. The van der Waals surface area contributed by atoms with Crippen molar-refractivity contribution in [3.05, 3.63) is 28.2 Å². The van der Waals surface area contributed by atoms with Crippen LogP contribution >= 0.6 is 24.2 Å². The minimum Gasteiger partial charge on any atom is -1.00 e. The topological polar surface area (TPSA) is 55.0 Å². The molecule has 0 bridgehead atoms. The third kappa shape index (κ3) is 4.40. The fourth-order valence-corrected chi connectivity index (χ4v) is 3.03. The van der Waals surface area contributed by atoms with Crippen LogP contribution in [0.2, 0.25) is 0 Å². The zero-order valence-corrected chi connectivity index (χ0v) is 13.8. The molecule has 4 nitrogen and oxygen atoms in total. The quantitative estimate of drug-likeness (QED) is 0.829. The Kier molecular flexibility index (Phi) is 8.23. The molecule has 1 aliphatic rings. The minimum atomic E-state index is -0.302. The van der Waals surface area contributed by atoms with Crippen LogP contribution in [0.4, 0.5) is 10.2 Å². The van der Waals surface area contributed by atoms with Crippen molar-refractivity contribution in [3.63, 3.8) is 0 Å². The summed E-state index contributed by atoms with van der Waals surface area (Å²) in [6.07, 6.45) is 2.27. The highest BCUT2D eigenvalue weighted by molar-refractivity contribution is 8.03. The van der Waals surface area contributed by atoms with Crippen molar-refractivity contribution in [2.75, 3.05) is 18.3 Å². The van der Waals surface area contributed by atoms with Crippen molar-refractivity contribution in [2.45, 2.75) is 26.8 Å². The molecule has 0 saturated carbocycles. The van der Waals surface area contributed by atoms with Crippen LogP contribution in [0, 0.1) is 6.92 Å². The Morgan fingerprint density at radius 1 is 1.45 bits per heavy atom. The average molecular weight is 340 g/mol. The van der Waals surface area contributed by atoms with Crippen molar-refractivity contribution in [1.29, 1.82) is 0 Å². The molecule has 0 saturated heterocycles. The van der Waals surface area contributed by atoms with Crippen molar-refractivity contribution in [2.24, 2.45) is 0 Å². The first kappa shape index (κ1) is 19.3. The van der Waals surface area contributed by atoms with Gasteiger partial charge in [-0.3, -0.25) is 4.39 Å². The molecule has 1 aromatic heterocycles. The van der Waals surface area contributed by atoms with Gasteiger partial charge in [-0.15, -0.1) is 24.2 Å². The van der Waals surface area contributed by atoms with E-state index in [2.05, 4.69) is 14.9 Å². The molecule has 1 aliphatic heterocycles. The lowest BCUT2D eigenvalue weighted by molar-refractivity contribution is -0.00000479. The molecule has 2 N–H and O–H groups in total. The van der Waals surface area contributed by atoms with Gasteiger partial charge in [-0.1, -0.05) is 0 Å². The molecule has 2 heterocycles. The molecule has 0 fully saturated rings. The van der Waals surface area contributed by atoms with Crippen LogP contribution in [0.15, 0.2) is 16.8 Å². The molecule has 114 valence electrons. The van der Waals surface area contributed by atoms with Crippen molar-refractivity contribution in [3.8, 4) is 0 Å². The van der Waals surface area contributed by atoms with Gasteiger partial charge < -0.3 is 23.0 Å². The number of aryl methyl sites for hydroxylation is 1. The van der Waals surface area contributed by atoms with Crippen LogP contribution in [0.1, 0.15) is 24.7 Å². The number of nitrogens with two attached hydrogens (primary N) is 1. The molecule has 0 unspecified atom stereocenters. The molecule has 0 aliphatic carbocycles. The maximum absolute atomic E-state index is 12.4. The van der Waals surface area contributed by atoms with Gasteiger partial charge in [0.25, 0.3) is 0 Å². The van der Waals surface area contributed by atoms with Crippen molar-refractivity contribution in [1.82, 2.24) is 14.9 Å². The average Bonchev–Trinajstić information content (AvgIpc) is 2.66. The number of allylic oxidation sites excluding steroid dienone is 2. The largest absolute Gasteiger partial charge is 1.00 e. The summed E-state index contributed by atoms with van der Waals surface area (Å²) in [5, 5.41) is 0. The van der Waals surface area contributed by atoms with E-state index in [0.717, 1.165) is 22.0 Å². The third-order valence-corrected chi connectivity index (χ3v) is 4.26. The van der Waals surface area contributed by atoms with E-state index in [1.165, 1.54) is 0 Å². The Morgan fingerprint density at radius 3 is 2.75 bits per heavy atom. The number of aromatic nitrogens is 2. The van der Waals surface area contributed by atoms with Crippen LogP contribution in [0.5, 0.6) is 0 Å². The predicted octanol–water partition coefficient (Wildman–Crippen LogP) is -0.110. The Balaban J connectivity index is 0.00000180. The van der Waals surface area contributed by atoms with Crippen molar-refractivity contribution < 1.29 is 16.8 Å². The summed E-state index contributed by atoms with van der Waals surface area (Å²) in [6.45, 7) is 4.22. The van der Waals surface area contributed by atoms with Gasteiger partial charge in [-0.2, -0.15) is 0 Å². The Morgan fingerprint density at radius 2 is 2.15 bits per heavy atom. The normalized spacial score (nSPS) is 14.1. The second-order valence-electron chi connectivity index (χ2n) is 4.25. The summed E-state index contributed by atoms with van der Waals surface area (Å²) in [5.74, 6) is 2.05. The molecule has 0 atom stereocenters. The molecule has 0 aromatic carbocycles. The van der Waals surface area contributed by atoms with Gasteiger partial charge in [0.15, 0.2) is 0 Å². The highest BCUT2D eigenvalue weighted by Gasteiger charge is 2.20. The number of rotatable bonds is 4. The zero-order chi connectivity index (χ0) is 13.1. The van der Waals surface area contributed by atoms with Crippen LogP contribution < -0.4 is 18.1 Å². The van der Waals surface area contributed by atoms with E-state index in [9.17, 15) is 4.39 Å². The number of thioether (sulfide) groups is 1. The number of nitrogens with zero attached hydrogens (tertiary/aromatic N) is 3. The second kappa shape index (κ2) is 8.54. The lowest BCUT2D eigenvalue weighted by atomic mass is 10.2. The summed E-state index contributed by atoms with van der Waals surface area (Å²) in [7, 11) is 0. The first-order valence-electron chi connectivity index (χ1n) is 5.83. The Hall–Kier alpha value is -0.720. The highest BCUT2D eigenvalue weighted by atomic mass is 35.5. The lowest BCUT2D eigenvalue weighted by Crippen LogP contribution is -3.00. The molecular weight excluding hydrogens is 322 g/mol. The van der Waals surface area contributed by atoms with E-state index in [0.29, 0.717) is 24.6 Å². The van der Waals surface area contributed by atoms with E-state index in [-0.39, 0.29) is 31.5 Å². The SMILES string of the molecule is CC1=C(CCF)SCN1Cc1cnc(C)nc1N.Cl.[Cl-]. The first-order valence-corrected chi connectivity index (χ1v) is 6.82. The standard InChI is InChI=1S/C12H17FN4S.2ClH/c1-8-11(3-4-13)18-7-17(8)6-10-5-15-9(2)16-12(10)14;;/h5H,3-4,6-7H2,1-2H3,(H2,14,15,16);2*1H/p-1. The summed E-state index contributed by atoms with van der Waals surface area (Å²) < 4.78 is 12.4. The highest BCUT2D eigenvalue weighted by Crippen LogP contribution is 2.35. The molecule has 20 heavy (non-hydrogen) atoms. The lowest BCUT2D eigenvalue weighted by Gasteiger charge is -2.19. The summed E-state index contributed by atoms with van der Waals surface area (Å²) in [6, 6.07) is 0. The smallest absolute Gasteiger partial charge is 0.132 e. The van der Waals surface area contributed by atoms with Gasteiger partial charge in [0.1, 0.15) is 11.6 Å². The van der Waals surface area contributed by atoms with Gasteiger partial charge in [-0.25, -0.2) is 9.97 Å². The molecule has 8 heteroatoms. The molecule has 0 radical (unpaired) electrons. The molecule has 2 rings (SSSR count). The maximum atomic E-state index is 12.4. The van der Waals surface area contributed by atoms with Gasteiger partial charge in [-0.05, 0) is 13.8 Å². The number of alkyl halides is 1. The molecule has 1 aromatic rings. The summed E-state index contributed by atoms with van der Waals surface area (Å²) in [5.41, 5.74) is 7.93. The third-order valence-electron chi connectivity index (χ3n) is 2.97. The minimum absolute atomic E-state index is 0. The maximum Gasteiger partial charge on any atom is 0.132 e. The number of hydrogen-bond acceptors (Lipinski definition) is 5. The molecular formula is C12H18Cl2FN4S-. The predicted molar refractivity (Wildman–Crippen MR) is 79.7 cm³/mol. The van der Waals surface area contributed by atoms with E-state index >= 15 is 0 Å². The Bertz CT molecular complexity index is 485. The van der Waals surface area contributed by atoms with E-state index in [1.54, 1.807) is 18.0 Å². The van der Waals surface area contributed by atoms with Crippen LogP contribution in [-0.2, 0) is 6.54 Å². The first-order chi connectivity index (χ1) is 8.61. The van der Waals surface area contributed by atoms with E-state index in [4.69, 9.17) is 5.73 Å². The van der Waals surface area contributed by atoms with Gasteiger partial charge in [0.2, 0.25) is 0 Å². The number of hydrogen-bond donors (Lipinski definition) is 1. The second-order valence-corrected chi connectivity index (χ2v) is 5.29. The fraction of sp³-hybridized carbons (Fsp3) is 0.500. The number of nitrogen functional groups attached to an aromatic ring is 1. The van der Waals surface area contributed by atoms with Gasteiger partial charge in [0, 0.05) is 35.3 Å². The molecule has 0 amide bonds. The van der Waals surface area contributed by atoms with Crippen molar-refractivity contribution >= 4 is 30.0 Å². The summed E-state index contributed by atoms with van der Waals surface area (Å²) in [4.78, 5) is 11.6. The van der Waals surface area contributed by atoms with Gasteiger partial charge >= 0.3 is 0 Å². The van der Waals surface area contributed by atoms with Crippen LogP contribution in [0.25, 0.3) is 0 Å². The monoisotopic (exact) mass is 339 g/mol. The molecule has 0 spiro atoms. The van der Waals surface area contributed by atoms with E-state index < -0.39 is 0 Å². The van der Waals surface area contributed by atoms with Gasteiger partial charge in [0.05, 0.1) is 12.6 Å². The summed E-state index contributed by atoms with van der Waals surface area (Å²) >= 11 is 1.70. The zero-order valence-electron chi connectivity index (χ0n) is 11.4.